The molecule has 5 rings (SSSR count). The van der Waals surface area contributed by atoms with Crippen molar-refractivity contribution >= 4 is 51.0 Å². The van der Waals surface area contributed by atoms with Crippen LogP contribution >= 0.6 is 0 Å². The van der Waals surface area contributed by atoms with Gasteiger partial charge in [-0.15, -0.1) is 0 Å². The first kappa shape index (κ1) is 14.7. The van der Waals surface area contributed by atoms with Crippen LogP contribution in [0, 0.1) is 5.41 Å². The molecule has 0 unspecified atom stereocenters. The predicted octanol–water partition coefficient (Wildman–Crippen LogP) is 5.94. The van der Waals surface area contributed by atoms with E-state index >= 15 is 0 Å². The fourth-order valence-corrected chi connectivity index (χ4v) is 3.61. The molecule has 0 aromatic heterocycles. The van der Waals surface area contributed by atoms with Crippen LogP contribution in [-0.4, -0.2) is 5.96 Å². The highest BCUT2D eigenvalue weighted by Gasteiger charge is 2.13. The monoisotopic (exact) mass is 335 g/mol. The lowest BCUT2D eigenvalue weighted by molar-refractivity contribution is 1.43. The molecule has 3 nitrogen and oxygen atoms in total. The molecule has 0 aliphatic heterocycles. The van der Waals surface area contributed by atoms with Crippen molar-refractivity contribution in [3.05, 3.63) is 83.9 Å². The van der Waals surface area contributed by atoms with Crippen molar-refractivity contribution in [1.82, 2.24) is 0 Å². The largest absolute Gasteiger partial charge is 0.326 e. The lowest BCUT2D eigenvalue weighted by Gasteiger charge is -2.14. The zero-order chi connectivity index (χ0) is 17.5. The summed E-state index contributed by atoms with van der Waals surface area (Å²) in [5, 5.41) is 19.5. The van der Waals surface area contributed by atoms with E-state index in [1.807, 2.05) is 24.3 Å². The average molecular weight is 335 g/mol. The summed E-state index contributed by atoms with van der Waals surface area (Å²) in [5.41, 5.74) is 4.21. The first-order valence-electron chi connectivity index (χ1n) is 8.63. The van der Waals surface area contributed by atoms with E-state index in [1.165, 1.54) is 21.7 Å². The second-order valence-corrected chi connectivity index (χ2v) is 6.49. The first-order chi connectivity index (χ1) is 12.8. The topological polar surface area (TPSA) is 47.9 Å². The summed E-state index contributed by atoms with van der Waals surface area (Å²) >= 11 is 0. The van der Waals surface area contributed by atoms with E-state index < -0.39 is 0 Å². The van der Waals surface area contributed by atoms with Crippen molar-refractivity contribution in [3.63, 3.8) is 0 Å². The molecule has 1 aliphatic carbocycles. The Morgan fingerprint density at radius 1 is 0.692 bits per heavy atom. The molecule has 4 aromatic rings. The zero-order valence-corrected chi connectivity index (χ0v) is 14.1. The molecule has 0 atom stereocenters. The van der Waals surface area contributed by atoms with Gasteiger partial charge in [0, 0.05) is 16.9 Å². The lowest BCUT2D eigenvalue weighted by atomic mass is 10.0. The molecule has 0 saturated heterocycles. The molecule has 0 heterocycles. The quantitative estimate of drug-likeness (QED) is 0.276. The molecule has 3 heteroatoms. The lowest BCUT2D eigenvalue weighted by Crippen LogP contribution is -2.20. The van der Waals surface area contributed by atoms with E-state index in [0.29, 0.717) is 0 Å². The van der Waals surface area contributed by atoms with Crippen LogP contribution in [0.3, 0.4) is 0 Å². The number of hydrogen-bond donors (Lipinski definition) is 3. The van der Waals surface area contributed by atoms with E-state index in [1.54, 1.807) is 0 Å². The highest BCUT2D eigenvalue weighted by Crippen LogP contribution is 2.35. The molecular formula is C23H17N3. The van der Waals surface area contributed by atoms with Crippen molar-refractivity contribution in [3.8, 4) is 0 Å². The van der Waals surface area contributed by atoms with Crippen LogP contribution in [0.15, 0.2) is 72.8 Å². The molecule has 1 aliphatic rings. The van der Waals surface area contributed by atoms with Gasteiger partial charge < -0.3 is 10.6 Å². The van der Waals surface area contributed by atoms with Gasteiger partial charge in [0.2, 0.25) is 0 Å². The molecule has 0 amide bonds. The molecule has 124 valence electrons. The normalized spacial score (nSPS) is 11.8. The highest BCUT2D eigenvalue weighted by atomic mass is 15.1. The minimum Gasteiger partial charge on any atom is -0.326 e. The number of guanidine groups is 1. The summed E-state index contributed by atoms with van der Waals surface area (Å²) in [5.74, 6) is 0.258. The van der Waals surface area contributed by atoms with Crippen LogP contribution < -0.4 is 10.6 Å². The Bertz CT molecular complexity index is 1200. The number of benzene rings is 4. The van der Waals surface area contributed by atoms with Crippen molar-refractivity contribution in [2.24, 2.45) is 0 Å². The molecular weight excluding hydrogens is 318 g/mol. The fraction of sp³-hybridized carbons (Fsp3) is 0. The van der Waals surface area contributed by atoms with E-state index in [9.17, 15) is 0 Å². The fourth-order valence-electron chi connectivity index (χ4n) is 3.61. The van der Waals surface area contributed by atoms with Gasteiger partial charge in [-0.3, -0.25) is 5.41 Å². The second kappa shape index (κ2) is 5.74. The van der Waals surface area contributed by atoms with E-state index in [0.717, 1.165) is 22.3 Å². The van der Waals surface area contributed by atoms with Gasteiger partial charge in [-0.25, -0.2) is 0 Å². The van der Waals surface area contributed by atoms with Gasteiger partial charge in [0.25, 0.3) is 0 Å². The Morgan fingerprint density at radius 2 is 1.50 bits per heavy atom. The van der Waals surface area contributed by atoms with Gasteiger partial charge in [-0.05, 0) is 45.3 Å². The standard InChI is InChI=1S/C23H17N3/c24-23(25-19-11-8-15-4-1-2-5-18(15)14-19)26-21-13-10-17-7-3-6-16-9-12-20(21)22(16)17/h1-14H,(H3,24,25,26). The molecule has 4 aromatic carbocycles. The van der Waals surface area contributed by atoms with E-state index in [-0.39, 0.29) is 5.96 Å². The third kappa shape index (κ3) is 2.42. The Kier molecular flexibility index (Phi) is 3.25. The van der Waals surface area contributed by atoms with Crippen molar-refractivity contribution < 1.29 is 0 Å². The molecule has 0 bridgehead atoms. The molecule has 0 fully saturated rings. The Balaban J connectivity index is 1.42. The van der Waals surface area contributed by atoms with Gasteiger partial charge in [-0.2, -0.15) is 0 Å². The van der Waals surface area contributed by atoms with Gasteiger partial charge in [0.1, 0.15) is 0 Å². The van der Waals surface area contributed by atoms with Crippen LogP contribution in [-0.2, 0) is 0 Å². The minimum absolute atomic E-state index is 0.258. The van der Waals surface area contributed by atoms with Crippen LogP contribution in [0.2, 0.25) is 0 Å². The average Bonchev–Trinajstić information content (AvgIpc) is 3.10. The van der Waals surface area contributed by atoms with Crippen molar-refractivity contribution in [2.45, 2.75) is 0 Å². The smallest absolute Gasteiger partial charge is 0.197 e. The maximum atomic E-state index is 8.32. The predicted molar refractivity (Wildman–Crippen MR) is 112 cm³/mol. The third-order valence-electron chi connectivity index (χ3n) is 4.83. The molecule has 0 radical (unpaired) electrons. The number of rotatable bonds is 2. The number of hydrogen-bond acceptors (Lipinski definition) is 1. The number of nitrogens with one attached hydrogen (secondary N) is 3. The van der Waals surface area contributed by atoms with Gasteiger partial charge in [0.15, 0.2) is 5.96 Å². The van der Waals surface area contributed by atoms with Crippen LogP contribution in [0.1, 0.15) is 11.1 Å². The second-order valence-electron chi connectivity index (χ2n) is 6.49. The summed E-state index contributed by atoms with van der Waals surface area (Å²) in [6.07, 6.45) is 4.24. The maximum Gasteiger partial charge on any atom is 0.197 e. The summed E-state index contributed by atoms with van der Waals surface area (Å²) in [6, 6.07) is 24.8. The summed E-state index contributed by atoms with van der Waals surface area (Å²) < 4.78 is 0. The maximum absolute atomic E-state index is 8.32. The summed E-state index contributed by atoms with van der Waals surface area (Å²) in [6.45, 7) is 0. The van der Waals surface area contributed by atoms with E-state index in [4.69, 9.17) is 5.41 Å². The Morgan fingerprint density at radius 3 is 2.42 bits per heavy atom. The van der Waals surface area contributed by atoms with Gasteiger partial charge in [-0.1, -0.05) is 66.7 Å². The molecule has 0 saturated carbocycles. The summed E-state index contributed by atoms with van der Waals surface area (Å²) in [7, 11) is 0. The summed E-state index contributed by atoms with van der Waals surface area (Å²) in [4.78, 5) is 0. The Hall–Kier alpha value is -3.59. The van der Waals surface area contributed by atoms with Crippen LogP contribution in [0.5, 0.6) is 0 Å². The molecule has 0 spiro atoms. The Labute approximate surface area is 151 Å². The van der Waals surface area contributed by atoms with Gasteiger partial charge in [0.05, 0.1) is 0 Å². The van der Waals surface area contributed by atoms with Crippen molar-refractivity contribution in [1.29, 1.82) is 5.41 Å². The first-order valence-corrected chi connectivity index (χ1v) is 8.63. The van der Waals surface area contributed by atoms with E-state index in [2.05, 4.69) is 71.3 Å². The molecule has 26 heavy (non-hydrogen) atoms. The number of fused-ring (bicyclic) bond motifs is 1. The van der Waals surface area contributed by atoms with Crippen molar-refractivity contribution in [2.75, 3.05) is 10.6 Å². The SMILES string of the molecule is N=C(Nc1ccc2ccccc2c1)Nc1ccc2cccc3c2c1C=C3. The minimum atomic E-state index is 0.258. The zero-order valence-electron chi connectivity index (χ0n) is 14.1. The van der Waals surface area contributed by atoms with Crippen LogP contribution in [0.25, 0.3) is 33.7 Å². The molecule has 3 N–H and O–H groups in total. The third-order valence-corrected chi connectivity index (χ3v) is 4.83. The van der Waals surface area contributed by atoms with Gasteiger partial charge >= 0.3 is 0 Å². The highest BCUT2D eigenvalue weighted by molar-refractivity contribution is 6.12. The van der Waals surface area contributed by atoms with Crippen LogP contribution in [0.4, 0.5) is 11.4 Å². The number of anilines is 2.